The van der Waals surface area contributed by atoms with Crippen LogP contribution in [0.25, 0.3) is 0 Å². The molecule has 0 spiro atoms. The van der Waals surface area contributed by atoms with Gasteiger partial charge in [0.2, 0.25) is 0 Å². The van der Waals surface area contributed by atoms with Crippen LogP contribution in [0.3, 0.4) is 0 Å². The molecule has 0 N–H and O–H groups in total. The number of likely N-dealkylation sites (tertiary alicyclic amines) is 1. The number of imidazole rings is 1. The van der Waals surface area contributed by atoms with Crippen LogP contribution in [-0.2, 0) is 13.1 Å². The Bertz CT molecular complexity index is 567. The molecule has 4 nitrogen and oxygen atoms in total. The molecule has 1 atom stereocenters. The summed E-state index contributed by atoms with van der Waals surface area (Å²) in [7, 11) is 0. The lowest BCUT2D eigenvalue weighted by atomic mass is 10.1. The van der Waals surface area contributed by atoms with Gasteiger partial charge in [0.1, 0.15) is 12.4 Å². The van der Waals surface area contributed by atoms with Gasteiger partial charge in [-0.1, -0.05) is 31.5 Å². The molecule has 0 radical (unpaired) electrons. The van der Waals surface area contributed by atoms with Crippen LogP contribution < -0.4 is 4.74 Å². The van der Waals surface area contributed by atoms with E-state index in [1.54, 1.807) is 6.20 Å². The molecular weight excluding hydrogens is 274 g/mol. The fourth-order valence-electron chi connectivity index (χ4n) is 3.09. The third-order valence-corrected chi connectivity index (χ3v) is 4.48. The van der Waals surface area contributed by atoms with E-state index in [2.05, 4.69) is 41.1 Å². The lowest BCUT2D eigenvalue weighted by Gasteiger charge is -2.18. The smallest absolute Gasteiger partial charge is 0.123 e. The molecule has 22 heavy (non-hydrogen) atoms. The average Bonchev–Trinajstić information content (AvgIpc) is 3.20. The van der Waals surface area contributed by atoms with Crippen molar-refractivity contribution in [3.05, 3.63) is 48.5 Å². The predicted octanol–water partition coefficient (Wildman–Crippen LogP) is 3.19. The first kappa shape index (κ1) is 15.1. The number of ether oxygens (including phenoxy) is 1. The van der Waals surface area contributed by atoms with Gasteiger partial charge in [-0.3, -0.25) is 4.90 Å². The van der Waals surface area contributed by atoms with Crippen molar-refractivity contribution in [2.24, 2.45) is 5.92 Å². The highest BCUT2D eigenvalue weighted by atomic mass is 16.5. The third kappa shape index (κ3) is 3.89. The van der Waals surface area contributed by atoms with E-state index in [4.69, 9.17) is 4.74 Å². The van der Waals surface area contributed by atoms with Crippen molar-refractivity contribution in [2.45, 2.75) is 32.9 Å². The Balaban J connectivity index is 1.55. The van der Waals surface area contributed by atoms with Gasteiger partial charge in [-0.15, -0.1) is 0 Å². The van der Waals surface area contributed by atoms with Gasteiger partial charge in [0, 0.05) is 31.0 Å². The second kappa shape index (κ2) is 7.45. The molecule has 1 fully saturated rings. The molecule has 0 saturated carbocycles. The lowest BCUT2D eigenvalue weighted by molar-refractivity contribution is 0.278. The first-order valence-corrected chi connectivity index (χ1v) is 8.24. The van der Waals surface area contributed by atoms with E-state index in [1.165, 1.54) is 31.5 Å². The topological polar surface area (TPSA) is 30.3 Å². The van der Waals surface area contributed by atoms with Crippen molar-refractivity contribution in [3.63, 3.8) is 0 Å². The molecule has 1 aromatic heterocycles. The number of para-hydroxylation sites is 1. The molecule has 0 bridgehead atoms. The van der Waals surface area contributed by atoms with Gasteiger partial charge in [-0.25, -0.2) is 4.98 Å². The maximum Gasteiger partial charge on any atom is 0.123 e. The van der Waals surface area contributed by atoms with E-state index in [1.807, 2.05) is 17.1 Å². The molecule has 118 valence electrons. The fourth-order valence-corrected chi connectivity index (χ4v) is 3.09. The minimum atomic E-state index is 0.672. The summed E-state index contributed by atoms with van der Waals surface area (Å²) in [4.78, 5) is 6.60. The van der Waals surface area contributed by atoms with Gasteiger partial charge in [0.25, 0.3) is 0 Å². The van der Waals surface area contributed by atoms with Crippen LogP contribution in [0.1, 0.15) is 25.3 Å². The van der Waals surface area contributed by atoms with E-state index in [-0.39, 0.29) is 0 Å². The standard InChI is InChI=1S/C18H25N3O/c1-2-16-7-9-21(13-16)14-17-5-3-4-6-18(17)22-12-11-20-10-8-19-15-20/h3-6,8,10,15-16H,2,7,9,11-14H2,1H3. The summed E-state index contributed by atoms with van der Waals surface area (Å²) in [5.41, 5.74) is 1.30. The van der Waals surface area contributed by atoms with E-state index >= 15 is 0 Å². The summed E-state index contributed by atoms with van der Waals surface area (Å²) < 4.78 is 8.04. The molecule has 1 saturated heterocycles. The number of benzene rings is 1. The Morgan fingerprint density at radius 1 is 1.32 bits per heavy atom. The summed E-state index contributed by atoms with van der Waals surface area (Å²) in [6.45, 7) is 7.22. The van der Waals surface area contributed by atoms with E-state index in [9.17, 15) is 0 Å². The molecule has 1 aliphatic heterocycles. The van der Waals surface area contributed by atoms with Gasteiger partial charge in [0.15, 0.2) is 0 Å². The molecule has 1 aliphatic rings. The maximum absolute atomic E-state index is 6.00. The van der Waals surface area contributed by atoms with Gasteiger partial charge in [0.05, 0.1) is 12.9 Å². The van der Waals surface area contributed by atoms with Gasteiger partial charge in [-0.05, 0) is 24.9 Å². The van der Waals surface area contributed by atoms with Crippen molar-refractivity contribution in [3.8, 4) is 5.75 Å². The Morgan fingerprint density at radius 3 is 3.00 bits per heavy atom. The number of aromatic nitrogens is 2. The Hall–Kier alpha value is -1.81. The molecule has 0 amide bonds. The largest absolute Gasteiger partial charge is 0.491 e. The Morgan fingerprint density at radius 2 is 2.23 bits per heavy atom. The second-order valence-corrected chi connectivity index (χ2v) is 6.05. The van der Waals surface area contributed by atoms with Crippen LogP contribution in [-0.4, -0.2) is 34.1 Å². The number of rotatable bonds is 7. The zero-order valence-corrected chi connectivity index (χ0v) is 13.3. The number of hydrogen-bond donors (Lipinski definition) is 0. The van der Waals surface area contributed by atoms with Crippen LogP contribution in [0.2, 0.25) is 0 Å². The average molecular weight is 299 g/mol. The third-order valence-electron chi connectivity index (χ3n) is 4.48. The molecule has 3 rings (SSSR count). The SMILES string of the molecule is CCC1CCN(Cc2ccccc2OCCn2ccnc2)C1. The van der Waals surface area contributed by atoms with Crippen molar-refractivity contribution < 1.29 is 4.74 Å². The molecule has 2 heterocycles. The Kier molecular flexibility index (Phi) is 5.11. The molecule has 1 unspecified atom stereocenters. The minimum absolute atomic E-state index is 0.672. The Labute approximate surface area is 132 Å². The van der Waals surface area contributed by atoms with Gasteiger partial charge < -0.3 is 9.30 Å². The van der Waals surface area contributed by atoms with E-state index < -0.39 is 0 Å². The van der Waals surface area contributed by atoms with Crippen LogP contribution in [0, 0.1) is 5.92 Å². The minimum Gasteiger partial charge on any atom is -0.491 e. The van der Waals surface area contributed by atoms with Gasteiger partial charge >= 0.3 is 0 Å². The quantitative estimate of drug-likeness (QED) is 0.786. The highest BCUT2D eigenvalue weighted by Crippen LogP contribution is 2.25. The highest BCUT2D eigenvalue weighted by Gasteiger charge is 2.21. The van der Waals surface area contributed by atoms with E-state index in [0.29, 0.717) is 6.61 Å². The summed E-state index contributed by atoms with van der Waals surface area (Å²) in [6.07, 6.45) is 8.21. The summed E-state index contributed by atoms with van der Waals surface area (Å²) in [5.74, 6) is 1.89. The number of hydrogen-bond acceptors (Lipinski definition) is 3. The fraction of sp³-hybridized carbons (Fsp3) is 0.500. The lowest BCUT2D eigenvalue weighted by Crippen LogP contribution is -2.20. The van der Waals surface area contributed by atoms with E-state index in [0.717, 1.165) is 24.8 Å². The molecule has 1 aromatic carbocycles. The molecule has 2 aromatic rings. The zero-order chi connectivity index (χ0) is 15.2. The van der Waals surface area contributed by atoms with Gasteiger partial charge in [-0.2, -0.15) is 0 Å². The normalized spacial score (nSPS) is 18.7. The van der Waals surface area contributed by atoms with Crippen molar-refractivity contribution in [2.75, 3.05) is 19.7 Å². The maximum atomic E-state index is 6.00. The first-order valence-electron chi connectivity index (χ1n) is 8.24. The summed E-state index contributed by atoms with van der Waals surface area (Å²) >= 11 is 0. The summed E-state index contributed by atoms with van der Waals surface area (Å²) in [5, 5.41) is 0. The highest BCUT2D eigenvalue weighted by molar-refractivity contribution is 5.33. The number of nitrogens with zero attached hydrogens (tertiary/aromatic N) is 3. The first-order chi connectivity index (χ1) is 10.8. The van der Waals surface area contributed by atoms with Crippen molar-refractivity contribution in [1.82, 2.24) is 14.5 Å². The molecular formula is C18H25N3O. The van der Waals surface area contributed by atoms with Crippen molar-refractivity contribution >= 4 is 0 Å². The monoisotopic (exact) mass is 299 g/mol. The molecule has 4 heteroatoms. The van der Waals surface area contributed by atoms with Crippen LogP contribution >= 0.6 is 0 Å². The zero-order valence-electron chi connectivity index (χ0n) is 13.3. The second-order valence-electron chi connectivity index (χ2n) is 6.05. The van der Waals surface area contributed by atoms with Crippen LogP contribution in [0.15, 0.2) is 43.0 Å². The predicted molar refractivity (Wildman–Crippen MR) is 87.8 cm³/mol. The molecule has 0 aliphatic carbocycles. The summed E-state index contributed by atoms with van der Waals surface area (Å²) in [6, 6.07) is 8.42. The van der Waals surface area contributed by atoms with Crippen LogP contribution in [0.4, 0.5) is 0 Å². The van der Waals surface area contributed by atoms with Crippen LogP contribution in [0.5, 0.6) is 5.75 Å². The van der Waals surface area contributed by atoms with Crippen molar-refractivity contribution in [1.29, 1.82) is 0 Å².